The zero-order valence-electron chi connectivity index (χ0n) is 15.4. The summed E-state index contributed by atoms with van der Waals surface area (Å²) in [5.41, 5.74) is 2.05. The van der Waals surface area contributed by atoms with Crippen LogP contribution in [0.3, 0.4) is 0 Å². The van der Waals surface area contributed by atoms with Crippen molar-refractivity contribution in [3.63, 3.8) is 0 Å². The number of rotatable bonds is 3. The Hall–Kier alpha value is -3.22. The van der Waals surface area contributed by atoms with Crippen molar-refractivity contribution in [2.75, 3.05) is 23.3 Å². The van der Waals surface area contributed by atoms with Crippen molar-refractivity contribution in [1.29, 1.82) is 0 Å². The lowest BCUT2D eigenvalue weighted by Crippen LogP contribution is -2.47. The van der Waals surface area contributed by atoms with Crippen molar-refractivity contribution in [2.45, 2.75) is 25.8 Å². The van der Waals surface area contributed by atoms with Crippen molar-refractivity contribution < 1.29 is 18.8 Å². The number of anilines is 2. The predicted molar refractivity (Wildman–Crippen MR) is 103 cm³/mol. The van der Waals surface area contributed by atoms with Crippen LogP contribution in [0.2, 0.25) is 0 Å². The van der Waals surface area contributed by atoms with Gasteiger partial charge in [-0.1, -0.05) is 17.7 Å². The third kappa shape index (κ3) is 3.24. The molecular formula is C21H20FN3O3. The van der Waals surface area contributed by atoms with Crippen molar-refractivity contribution in [1.82, 2.24) is 4.90 Å². The largest absolute Gasteiger partial charge is 0.327 e. The minimum atomic E-state index is -0.616. The molecule has 1 N–H and O–H groups in total. The first kappa shape index (κ1) is 18.2. The SMILES string of the molecule is Cc1ccc(NC(=O)CN2C(=O)C3CCCN3C(=O)c3ccc(F)cc32)cc1. The molecule has 7 heteroatoms. The molecule has 3 amide bonds. The van der Waals surface area contributed by atoms with E-state index in [0.29, 0.717) is 18.7 Å². The molecule has 2 aliphatic heterocycles. The van der Waals surface area contributed by atoms with Crippen LogP contribution in [-0.4, -0.2) is 41.8 Å². The van der Waals surface area contributed by atoms with Gasteiger partial charge in [-0.2, -0.15) is 0 Å². The zero-order valence-corrected chi connectivity index (χ0v) is 15.4. The van der Waals surface area contributed by atoms with E-state index in [4.69, 9.17) is 0 Å². The quantitative estimate of drug-likeness (QED) is 0.889. The van der Waals surface area contributed by atoms with Crippen molar-refractivity contribution >= 4 is 29.1 Å². The van der Waals surface area contributed by atoms with E-state index in [1.807, 2.05) is 19.1 Å². The normalized spacial score (nSPS) is 18.6. The number of amides is 3. The van der Waals surface area contributed by atoms with Crippen LogP contribution in [0.1, 0.15) is 28.8 Å². The zero-order chi connectivity index (χ0) is 19.8. The highest BCUT2D eigenvalue weighted by atomic mass is 19.1. The third-order valence-corrected chi connectivity index (χ3v) is 5.18. The van der Waals surface area contributed by atoms with Crippen LogP contribution in [0.5, 0.6) is 0 Å². The van der Waals surface area contributed by atoms with Gasteiger partial charge >= 0.3 is 0 Å². The smallest absolute Gasteiger partial charge is 0.256 e. The summed E-state index contributed by atoms with van der Waals surface area (Å²) >= 11 is 0. The van der Waals surface area contributed by atoms with E-state index in [0.717, 1.165) is 18.1 Å². The second kappa shape index (κ2) is 7.07. The van der Waals surface area contributed by atoms with Gasteiger partial charge in [0.15, 0.2) is 0 Å². The Bertz CT molecular complexity index is 958. The van der Waals surface area contributed by atoms with E-state index in [-0.39, 0.29) is 29.6 Å². The average molecular weight is 381 g/mol. The summed E-state index contributed by atoms with van der Waals surface area (Å²) in [5, 5.41) is 2.75. The van der Waals surface area contributed by atoms with Crippen LogP contribution in [0.25, 0.3) is 0 Å². The Morgan fingerprint density at radius 3 is 2.68 bits per heavy atom. The molecule has 144 valence electrons. The molecule has 6 nitrogen and oxygen atoms in total. The Morgan fingerprint density at radius 2 is 1.93 bits per heavy atom. The van der Waals surface area contributed by atoms with Crippen LogP contribution in [0.15, 0.2) is 42.5 Å². The maximum absolute atomic E-state index is 13.9. The molecule has 0 spiro atoms. The van der Waals surface area contributed by atoms with Crippen LogP contribution in [0.4, 0.5) is 15.8 Å². The summed E-state index contributed by atoms with van der Waals surface area (Å²) in [4.78, 5) is 41.3. The molecule has 2 aromatic rings. The predicted octanol–water partition coefficient (Wildman–Crippen LogP) is 2.72. The lowest BCUT2D eigenvalue weighted by atomic mass is 10.1. The molecular weight excluding hydrogens is 361 g/mol. The van der Waals surface area contributed by atoms with Gasteiger partial charge in [-0.25, -0.2) is 4.39 Å². The number of nitrogens with one attached hydrogen (secondary N) is 1. The van der Waals surface area contributed by atoms with Gasteiger partial charge in [-0.15, -0.1) is 0 Å². The van der Waals surface area contributed by atoms with Crippen LogP contribution in [-0.2, 0) is 9.59 Å². The number of halogens is 1. The fourth-order valence-corrected chi connectivity index (χ4v) is 3.77. The molecule has 28 heavy (non-hydrogen) atoms. The van der Waals surface area contributed by atoms with Gasteiger partial charge in [0.05, 0.1) is 11.3 Å². The van der Waals surface area contributed by atoms with Crippen LogP contribution < -0.4 is 10.2 Å². The highest BCUT2D eigenvalue weighted by Gasteiger charge is 2.42. The molecule has 0 radical (unpaired) electrons. The lowest BCUT2D eigenvalue weighted by Gasteiger charge is -2.25. The van der Waals surface area contributed by atoms with Gasteiger partial charge in [0.25, 0.3) is 5.91 Å². The van der Waals surface area contributed by atoms with E-state index < -0.39 is 17.8 Å². The Morgan fingerprint density at radius 1 is 1.18 bits per heavy atom. The van der Waals surface area contributed by atoms with E-state index in [2.05, 4.69) is 5.32 Å². The molecule has 2 heterocycles. The summed E-state index contributed by atoms with van der Waals surface area (Å²) in [6, 6.07) is 10.4. The number of nitrogens with zero attached hydrogens (tertiary/aromatic N) is 2. The highest BCUT2D eigenvalue weighted by molar-refractivity contribution is 6.13. The number of benzene rings is 2. The fourth-order valence-electron chi connectivity index (χ4n) is 3.77. The first-order valence-corrected chi connectivity index (χ1v) is 9.22. The van der Waals surface area contributed by atoms with Gasteiger partial charge in [0.1, 0.15) is 18.4 Å². The number of hydrogen-bond acceptors (Lipinski definition) is 3. The van der Waals surface area contributed by atoms with Gasteiger partial charge in [0, 0.05) is 12.2 Å². The molecule has 2 aliphatic rings. The summed E-state index contributed by atoms with van der Waals surface area (Å²) in [5.74, 6) is -1.63. The van der Waals surface area contributed by atoms with E-state index >= 15 is 0 Å². The molecule has 1 atom stereocenters. The van der Waals surface area contributed by atoms with Crippen molar-refractivity contribution in [3.8, 4) is 0 Å². The summed E-state index contributed by atoms with van der Waals surface area (Å²) in [7, 11) is 0. The Labute approximate surface area is 161 Å². The number of carbonyl (C=O) groups excluding carboxylic acids is 3. The highest BCUT2D eigenvalue weighted by Crippen LogP contribution is 2.32. The van der Waals surface area contributed by atoms with Gasteiger partial charge in [-0.05, 0) is 50.1 Å². The van der Waals surface area contributed by atoms with E-state index in [9.17, 15) is 18.8 Å². The van der Waals surface area contributed by atoms with Gasteiger partial charge in [0.2, 0.25) is 11.8 Å². The molecule has 0 aromatic heterocycles. The minimum absolute atomic E-state index is 0.142. The molecule has 2 aromatic carbocycles. The molecule has 1 fully saturated rings. The van der Waals surface area contributed by atoms with Gasteiger partial charge in [-0.3, -0.25) is 14.4 Å². The minimum Gasteiger partial charge on any atom is -0.327 e. The Kier molecular flexibility index (Phi) is 4.58. The Balaban J connectivity index is 1.66. The molecule has 4 rings (SSSR count). The van der Waals surface area contributed by atoms with E-state index in [1.54, 1.807) is 12.1 Å². The van der Waals surface area contributed by atoms with Crippen molar-refractivity contribution in [2.24, 2.45) is 0 Å². The lowest BCUT2D eigenvalue weighted by molar-refractivity contribution is -0.124. The maximum atomic E-state index is 13.9. The van der Waals surface area contributed by atoms with Crippen LogP contribution >= 0.6 is 0 Å². The fraction of sp³-hybridized carbons (Fsp3) is 0.286. The first-order chi connectivity index (χ1) is 13.4. The molecule has 0 bridgehead atoms. The second-order valence-corrected chi connectivity index (χ2v) is 7.16. The first-order valence-electron chi connectivity index (χ1n) is 9.22. The standard InChI is InChI=1S/C21H20FN3O3/c1-13-4-7-15(8-5-13)23-19(26)12-25-18-11-14(22)6-9-16(18)20(27)24-10-2-3-17(24)21(25)28/h4-9,11,17H,2-3,10,12H2,1H3,(H,23,26). The summed E-state index contributed by atoms with van der Waals surface area (Å²) in [6.07, 6.45) is 1.26. The number of hydrogen-bond donors (Lipinski definition) is 1. The third-order valence-electron chi connectivity index (χ3n) is 5.18. The topological polar surface area (TPSA) is 69.7 Å². The van der Waals surface area contributed by atoms with Crippen LogP contribution in [0, 0.1) is 12.7 Å². The monoisotopic (exact) mass is 381 g/mol. The number of carbonyl (C=O) groups is 3. The molecule has 0 aliphatic carbocycles. The van der Waals surface area contributed by atoms with E-state index in [1.165, 1.54) is 21.9 Å². The summed E-state index contributed by atoms with van der Waals surface area (Å²) in [6.45, 7) is 2.13. The second-order valence-electron chi connectivity index (χ2n) is 7.16. The average Bonchev–Trinajstić information content (AvgIpc) is 3.14. The number of fused-ring (bicyclic) bond motifs is 2. The maximum Gasteiger partial charge on any atom is 0.256 e. The number of aryl methyl sites for hydroxylation is 1. The van der Waals surface area contributed by atoms with Crippen molar-refractivity contribution in [3.05, 3.63) is 59.4 Å². The van der Waals surface area contributed by atoms with Gasteiger partial charge < -0.3 is 15.1 Å². The molecule has 1 saturated heterocycles. The molecule has 1 unspecified atom stereocenters. The summed E-state index contributed by atoms with van der Waals surface area (Å²) < 4.78 is 13.9. The molecule has 0 saturated carbocycles.